The fraction of sp³-hybridized carbons (Fsp3) is 0.320. The first kappa shape index (κ1) is 22.5. The van der Waals surface area contributed by atoms with Crippen LogP contribution in [0.15, 0.2) is 58.5 Å². The van der Waals surface area contributed by atoms with Gasteiger partial charge in [0.2, 0.25) is 5.75 Å². The molecule has 1 saturated heterocycles. The van der Waals surface area contributed by atoms with Crippen LogP contribution < -0.4 is 11.1 Å². The quantitative estimate of drug-likeness (QED) is 0.579. The number of morpholine rings is 1. The first-order valence-electron chi connectivity index (χ1n) is 10.9. The van der Waals surface area contributed by atoms with Crippen molar-refractivity contribution in [2.75, 3.05) is 26.3 Å². The fourth-order valence-electron chi connectivity index (χ4n) is 3.74. The van der Waals surface area contributed by atoms with Crippen LogP contribution in [-0.2, 0) is 17.8 Å². The molecule has 0 spiro atoms. The first-order valence-corrected chi connectivity index (χ1v) is 10.9. The van der Waals surface area contributed by atoms with Crippen LogP contribution in [0.5, 0.6) is 5.75 Å². The van der Waals surface area contributed by atoms with Crippen LogP contribution in [0.3, 0.4) is 0 Å². The molecule has 1 aliphatic heterocycles. The number of nitrogens with zero attached hydrogens (tertiary/aromatic N) is 3. The number of benzene rings is 1. The number of hydrogen-bond donors (Lipinski definition) is 2. The summed E-state index contributed by atoms with van der Waals surface area (Å²) in [6.45, 7) is 6.45. The minimum absolute atomic E-state index is 0.209. The average Bonchev–Trinajstić information content (AvgIpc) is 2.82. The predicted molar refractivity (Wildman–Crippen MR) is 124 cm³/mol. The second kappa shape index (κ2) is 10.3. The molecule has 0 radical (unpaired) electrons. The molecule has 1 aliphatic rings. The van der Waals surface area contributed by atoms with Crippen LogP contribution in [-0.4, -0.2) is 50.8 Å². The van der Waals surface area contributed by atoms with Crippen LogP contribution in [0.25, 0.3) is 0 Å². The Balaban J connectivity index is 1.41. The summed E-state index contributed by atoms with van der Waals surface area (Å²) in [4.78, 5) is 32.8. The van der Waals surface area contributed by atoms with Crippen molar-refractivity contribution >= 4 is 0 Å². The second-order valence-electron chi connectivity index (χ2n) is 8.11. The van der Waals surface area contributed by atoms with E-state index in [1.807, 2.05) is 12.1 Å². The molecule has 1 atom stereocenters. The Labute approximate surface area is 191 Å². The van der Waals surface area contributed by atoms with E-state index in [0.717, 1.165) is 38.4 Å². The Hall–Kier alpha value is -3.67. The van der Waals surface area contributed by atoms with Crippen molar-refractivity contribution in [3.63, 3.8) is 0 Å². The molecule has 3 aromatic rings. The number of rotatable bonds is 5. The Morgan fingerprint density at radius 3 is 2.58 bits per heavy atom. The summed E-state index contributed by atoms with van der Waals surface area (Å²) >= 11 is 0. The molecule has 4 rings (SSSR count). The Morgan fingerprint density at radius 1 is 1.12 bits per heavy atom. The van der Waals surface area contributed by atoms with Crippen molar-refractivity contribution < 1.29 is 9.84 Å². The summed E-state index contributed by atoms with van der Waals surface area (Å²) in [5, 5.41) is 9.92. The highest BCUT2D eigenvalue weighted by molar-refractivity contribution is 5.42. The van der Waals surface area contributed by atoms with Gasteiger partial charge >= 0.3 is 0 Å². The molecule has 0 aliphatic carbocycles. The van der Waals surface area contributed by atoms with Gasteiger partial charge in [0.25, 0.3) is 11.1 Å². The van der Waals surface area contributed by atoms with Crippen molar-refractivity contribution in [2.45, 2.75) is 25.9 Å². The standard InChI is InChI=1S/C25H26N4O4/c1-18(23-24(31)25(32)27-17-26-23)15-29-9-8-20(14-22(29)30)5-2-19-3-6-21(7-4-19)16-28-10-12-33-13-11-28/h3-4,6-9,14,17-18,31H,10-13,15-16H2,1H3,(H,26,27,32). The SMILES string of the molecule is CC(Cn1ccc(C#Cc2ccc(CN3CCOCC3)cc2)cc1=O)c1nc[nH]c(=O)c1O. The average molecular weight is 447 g/mol. The van der Waals surface area contributed by atoms with Gasteiger partial charge in [0.1, 0.15) is 0 Å². The topological polar surface area (TPSA) is 100 Å². The number of aromatic nitrogens is 3. The molecule has 1 fully saturated rings. The van der Waals surface area contributed by atoms with E-state index >= 15 is 0 Å². The lowest BCUT2D eigenvalue weighted by Gasteiger charge is -2.26. The zero-order chi connectivity index (χ0) is 23.2. The zero-order valence-corrected chi connectivity index (χ0v) is 18.5. The van der Waals surface area contributed by atoms with E-state index in [9.17, 15) is 14.7 Å². The molecule has 2 aromatic heterocycles. The minimum atomic E-state index is -0.598. The van der Waals surface area contributed by atoms with Gasteiger partial charge in [0.05, 0.1) is 25.2 Å². The molecule has 0 saturated carbocycles. The number of hydrogen-bond acceptors (Lipinski definition) is 6. The predicted octanol–water partition coefficient (Wildman–Crippen LogP) is 1.67. The summed E-state index contributed by atoms with van der Waals surface area (Å²) in [5.74, 6) is 5.41. The number of H-pyrrole nitrogens is 1. The lowest BCUT2D eigenvalue weighted by molar-refractivity contribution is 0.0342. The van der Waals surface area contributed by atoms with Gasteiger partial charge < -0.3 is 19.4 Å². The normalized spacial score (nSPS) is 14.9. The number of nitrogens with one attached hydrogen (secondary N) is 1. The van der Waals surface area contributed by atoms with E-state index in [0.29, 0.717) is 5.56 Å². The van der Waals surface area contributed by atoms with Crippen LogP contribution in [0, 0.1) is 11.8 Å². The molecular formula is C25H26N4O4. The van der Waals surface area contributed by atoms with E-state index in [4.69, 9.17) is 4.74 Å². The monoisotopic (exact) mass is 446 g/mol. The molecule has 0 amide bonds. The number of aromatic amines is 1. The van der Waals surface area contributed by atoms with Gasteiger partial charge in [-0.15, -0.1) is 0 Å². The first-order chi connectivity index (χ1) is 16.0. The zero-order valence-electron chi connectivity index (χ0n) is 18.5. The van der Waals surface area contributed by atoms with E-state index < -0.39 is 11.3 Å². The van der Waals surface area contributed by atoms with Gasteiger partial charge in [-0.3, -0.25) is 14.5 Å². The molecule has 8 nitrogen and oxygen atoms in total. The fourth-order valence-corrected chi connectivity index (χ4v) is 3.74. The second-order valence-corrected chi connectivity index (χ2v) is 8.11. The van der Waals surface area contributed by atoms with Crippen molar-refractivity contribution in [3.8, 4) is 17.6 Å². The van der Waals surface area contributed by atoms with Crippen LogP contribution in [0.1, 0.15) is 35.2 Å². The van der Waals surface area contributed by atoms with Crippen molar-refractivity contribution in [1.29, 1.82) is 0 Å². The lowest BCUT2D eigenvalue weighted by atomic mass is 10.1. The summed E-state index contributed by atoms with van der Waals surface area (Å²) in [7, 11) is 0. The van der Waals surface area contributed by atoms with Crippen molar-refractivity contribution in [1.82, 2.24) is 19.4 Å². The summed E-state index contributed by atoms with van der Waals surface area (Å²) in [5.41, 5.74) is 2.19. The minimum Gasteiger partial charge on any atom is -0.502 e. The summed E-state index contributed by atoms with van der Waals surface area (Å²) in [6.07, 6.45) is 2.91. The number of ether oxygens (including phenoxy) is 1. The largest absolute Gasteiger partial charge is 0.502 e. The van der Waals surface area contributed by atoms with Gasteiger partial charge in [-0.25, -0.2) is 4.98 Å². The van der Waals surface area contributed by atoms with Gasteiger partial charge in [-0.1, -0.05) is 30.9 Å². The van der Waals surface area contributed by atoms with Crippen LogP contribution in [0.4, 0.5) is 0 Å². The Bertz CT molecular complexity index is 1280. The van der Waals surface area contributed by atoms with Crippen molar-refractivity contribution in [3.05, 3.63) is 92.0 Å². The maximum absolute atomic E-state index is 12.5. The third kappa shape index (κ3) is 5.77. The van der Waals surface area contributed by atoms with Gasteiger partial charge in [-0.2, -0.15) is 0 Å². The van der Waals surface area contributed by atoms with Gasteiger partial charge in [0, 0.05) is 55.5 Å². The van der Waals surface area contributed by atoms with E-state index in [1.54, 1.807) is 19.2 Å². The molecule has 170 valence electrons. The van der Waals surface area contributed by atoms with E-state index in [2.05, 4.69) is 38.8 Å². The smallest absolute Gasteiger partial charge is 0.293 e. The van der Waals surface area contributed by atoms with Crippen LogP contribution in [0.2, 0.25) is 0 Å². The van der Waals surface area contributed by atoms with Gasteiger partial charge in [-0.05, 0) is 23.8 Å². The molecule has 8 heteroatoms. The molecule has 2 N–H and O–H groups in total. The van der Waals surface area contributed by atoms with Crippen molar-refractivity contribution in [2.24, 2.45) is 0 Å². The Kier molecular flexibility index (Phi) is 7.03. The van der Waals surface area contributed by atoms with E-state index in [-0.39, 0.29) is 23.7 Å². The van der Waals surface area contributed by atoms with E-state index in [1.165, 1.54) is 22.5 Å². The molecule has 33 heavy (non-hydrogen) atoms. The van der Waals surface area contributed by atoms with Crippen LogP contribution >= 0.6 is 0 Å². The maximum atomic E-state index is 12.5. The highest BCUT2D eigenvalue weighted by atomic mass is 16.5. The highest BCUT2D eigenvalue weighted by Crippen LogP contribution is 2.20. The molecule has 0 bridgehead atoms. The lowest BCUT2D eigenvalue weighted by Crippen LogP contribution is -2.35. The highest BCUT2D eigenvalue weighted by Gasteiger charge is 2.16. The summed E-state index contributed by atoms with van der Waals surface area (Å²) < 4.78 is 6.90. The molecular weight excluding hydrogens is 420 g/mol. The third-order valence-electron chi connectivity index (χ3n) is 5.61. The molecule has 1 unspecified atom stereocenters. The molecule has 1 aromatic carbocycles. The third-order valence-corrected chi connectivity index (χ3v) is 5.61. The maximum Gasteiger partial charge on any atom is 0.293 e. The van der Waals surface area contributed by atoms with Gasteiger partial charge in [0.15, 0.2) is 0 Å². The number of pyridine rings is 1. The molecule has 3 heterocycles. The number of aromatic hydroxyl groups is 1. The Morgan fingerprint density at radius 2 is 1.85 bits per heavy atom. The summed E-state index contributed by atoms with van der Waals surface area (Å²) in [6, 6.07) is 11.4.